The van der Waals surface area contributed by atoms with Crippen LogP contribution >= 0.6 is 7.82 Å². The molecule has 0 rings (SSSR count). The molecule has 0 aliphatic rings. The van der Waals surface area contributed by atoms with Crippen molar-refractivity contribution >= 4 is 19.8 Å². The van der Waals surface area contributed by atoms with Crippen LogP contribution in [0.25, 0.3) is 0 Å². The Hall–Kier alpha value is -1.29. The summed E-state index contributed by atoms with van der Waals surface area (Å²) < 4.78 is 32.7. The largest absolute Gasteiger partial charge is 0.472 e. The average Bonchev–Trinajstić information content (AvgIpc) is 3.16. The molecule has 10 nitrogen and oxygen atoms in total. The van der Waals surface area contributed by atoms with Gasteiger partial charge in [0.2, 0.25) is 0 Å². The minimum Gasteiger partial charge on any atom is -0.462 e. The van der Waals surface area contributed by atoms with E-state index in [1.54, 1.807) is 0 Å². The van der Waals surface area contributed by atoms with Crippen LogP contribution in [0.2, 0.25) is 0 Å². The summed E-state index contributed by atoms with van der Waals surface area (Å²) in [5.74, 6) is -0.919. The van der Waals surface area contributed by atoms with Crippen LogP contribution in [0.3, 0.4) is 0 Å². The third-order valence-corrected chi connectivity index (χ3v) is 10.6. The molecule has 0 bridgehead atoms. The van der Waals surface area contributed by atoms with E-state index in [0.29, 0.717) is 12.8 Å². The lowest BCUT2D eigenvalue weighted by Gasteiger charge is -2.20. The Morgan fingerprint density at radius 1 is 0.537 bits per heavy atom. The molecule has 0 aromatic heterocycles. The van der Waals surface area contributed by atoms with E-state index < -0.39 is 51.8 Å². The fourth-order valence-electron chi connectivity index (χ4n) is 6.22. The number of rotatable bonds is 42. The van der Waals surface area contributed by atoms with Crippen LogP contribution in [-0.4, -0.2) is 65.7 Å². The monoisotopic (exact) mass is 791 g/mol. The molecule has 0 saturated heterocycles. The molecule has 0 fully saturated rings. The number of phosphoric acid groups is 1. The van der Waals surface area contributed by atoms with Crippen molar-refractivity contribution in [1.82, 2.24) is 0 Å². The van der Waals surface area contributed by atoms with Gasteiger partial charge in [-0.25, -0.2) is 4.57 Å². The van der Waals surface area contributed by atoms with Crippen molar-refractivity contribution in [1.29, 1.82) is 0 Å². The zero-order valence-electron chi connectivity index (χ0n) is 34.7. The highest BCUT2D eigenvalue weighted by Crippen LogP contribution is 2.43. The molecule has 0 aliphatic heterocycles. The van der Waals surface area contributed by atoms with E-state index in [0.717, 1.165) is 44.9 Å². The number of unbranched alkanes of at least 4 members (excludes halogenated alkanes) is 26. The summed E-state index contributed by atoms with van der Waals surface area (Å²) in [5, 5.41) is 18.3. The van der Waals surface area contributed by atoms with Gasteiger partial charge in [-0.15, -0.1) is 0 Å². The van der Waals surface area contributed by atoms with Crippen molar-refractivity contribution in [3.05, 3.63) is 12.2 Å². The number of hydrogen-bond acceptors (Lipinski definition) is 9. The molecule has 1 unspecified atom stereocenters. The van der Waals surface area contributed by atoms with Crippen molar-refractivity contribution in [2.24, 2.45) is 0 Å². The molecule has 0 amide bonds. The van der Waals surface area contributed by atoms with Crippen molar-refractivity contribution in [2.75, 3.05) is 26.4 Å². The van der Waals surface area contributed by atoms with Crippen LogP contribution in [0.1, 0.15) is 213 Å². The van der Waals surface area contributed by atoms with Crippen molar-refractivity contribution in [3.8, 4) is 0 Å². The molecule has 0 aromatic rings. The van der Waals surface area contributed by atoms with E-state index in [4.69, 9.17) is 23.6 Å². The van der Waals surface area contributed by atoms with Gasteiger partial charge >= 0.3 is 19.8 Å². The summed E-state index contributed by atoms with van der Waals surface area (Å²) in [6, 6.07) is 0. The quantitative estimate of drug-likeness (QED) is 0.0236. The topological polar surface area (TPSA) is 149 Å². The molecule has 0 aromatic carbocycles. The van der Waals surface area contributed by atoms with Gasteiger partial charge in [-0.3, -0.25) is 18.6 Å². The van der Waals surface area contributed by atoms with E-state index in [-0.39, 0.29) is 19.4 Å². The number of allylic oxidation sites excluding steroid dienone is 2. The molecule has 0 radical (unpaired) electrons. The molecule has 3 atom stereocenters. The second kappa shape index (κ2) is 39.9. The molecular formula is C43H83O10P. The van der Waals surface area contributed by atoms with Crippen LogP contribution in [-0.2, 0) is 32.7 Å². The van der Waals surface area contributed by atoms with Gasteiger partial charge in [0.1, 0.15) is 12.7 Å². The third kappa shape index (κ3) is 39.0. The Morgan fingerprint density at radius 3 is 1.35 bits per heavy atom. The zero-order valence-corrected chi connectivity index (χ0v) is 35.6. The lowest BCUT2D eigenvalue weighted by Crippen LogP contribution is -2.29. The van der Waals surface area contributed by atoms with Crippen molar-refractivity contribution in [2.45, 2.75) is 225 Å². The zero-order chi connectivity index (χ0) is 39.8. The minimum absolute atomic E-state index is 0.183. The Balaban J connectivity index is 4.25. The first-order valence-electron chi connectivity index (χ1n) is 22.1. The van der Waals surface area contributed by atoms with Crippen molar-refractivity contribution < 1.29 is 47.8 Å². The Kier molecular flexibility index (Phi) is 39.0. The van der Waals surface area contributed by atoms with Gasteiger partial charge in [0, 0.05) is 12.8 Å². The minimum atomic E-state index is -4.61. The van der Waals surface area contributed by atoms with Crippen LogP contribution in [0.15, 0.2) is 12.2 Å². The van der Waals surface area contributed by atoms with E-state index in [2.05, 4.69) is 26.0 Å². The summed E-state index contributed by atoms with van der Waals surface area (Å²) in [7, 11) is -4.61. The second-order valence-electron chi connectivity index (χ2n) is 15.1. The second-order valence-corrected chi connectivity index (χ2v) is 16.5. The van der Waals surface area contributed by atoms with Crippen LogP contribution < -0.4 is 0 Å². The molecule has 0 spiro atoms. The molecule has 54 heavy (non-hydrogen) atoms. The van der Waals surface area contributed by atoms with E-state index >= 15 is 0 Å². The Morgan fingerprint density at radius 2 is 0.907 bits per heavy atom. The van der Waals surface area contributed by atoms with Gasteiger partial charge in [-0.2, -0.15) is 0 Å². The molecule has 0 saturated carbocycles. The fraction of sp³-hybridized carbons (Fsp3) is 0.907. The van der Waals surface area contributed by atoms with Gasteiger partial charge < -0.3 is 24.6 Å². The molecule has 11 heteroatoms. The summed E-state index contributed by atoms with van der Waals surface area (Å²) in [6.45, 7) is 2.39. The predicted molar refractivity (Wildman–Crippen MR) is 219 cm³/mol. The Bertz CT molecular complexity index is 915. The summed E-state index contributed by atoms with van der Waals surface area (Å²) >= 11 is 0. The highest BCUT2D eigenvalue weighted by Gasteiger charge is 2.27. The average molecular weight is 791 g/mol. The number of carbonyl (C=O) groups excluding carboxylic acids is 2. The fourth-order valence-corrected chi connectivity index (χ4v) is 7.01. The molecular weight excluding hydrogens is 707 g/mol. The predicted octanol–water partition coefficient (Wildman–Crippen LogP) is 11.6. The maximum Gasteiger partial charge on any atom is 0.472 e. The Labute approximate surface area is 330 Å². The van der Waals surface area contributed by atoms with E-state index in [1.807, 2.05) is 0 Å². The van der Waals surface area contributed by atoms with Gasteiger partial charge in [0.05, 0.1) is 19.8 Å². The normalized spacial score (nSPS) is 13.9. The van der Waals surface area contributed by atoms with Gasteiger partial charge in [0.15, 0.2) is 6.10 Å². The lowest BCUT2D eigenvalue weighted by atomic mass is 10.0. The highest BCUT2D eigenvalue weighted by molar-refractivity contribution is 7.47. The summed E-state index contributed by atoms with van der Waals surface area (Å²) in [4.78, 5) is 35.0. The number of aliphatic hydroxyl groups is 2. The number of phosphoric ester groups is 1. The molecule has 0 aliphatic carbocycles. The van der Waals surface area contributed by atoms with E-state index in [1.165, 1.54) is 128 Å². The lowest BCUT2D eigenvalue weighted by molar-refractivity contribution is -0.161. The van der Waals surface area contributed by atoms with Crippen LogP contribution in [0.5, 0.6) is 0 Å². The maximum atomic E-state index is 12.6. The van der Waals surface area contributed by atoms with E-state index in [9.17, 15) is 24.2 Å². The standard InChI is InChI=1S/C43H83O10P/c1-3-5-7-9-11-13-15-17-19-21-22-24-26-28-30-32-34-42(46)50-38-41(39-52-54(48,49)51-37-40(45)36-44)53-43(47)35-33-31-29-27-25-23-20-18-16-14-12-10-8-6-4-2/h14,16,40-41,44-45H,3-13,15,17-39H2,1-2H3,(H,48,49)/b16-14+/t40-,41+/m0/s1. The van der Waals surface area contributed by atoms with Crippen LogP contribution in [0, 0.1) is 0 Å². The highest BCUT2D eigenvalue weighted by atomic mass is 31.2. The maximum absolute atomic E-state index is 12.6. The number of esters is 2. The number of hydrogen-bond donors (Lipinski definition) is 3. The van der Waals surface area contributed by atoms with Gasteiger partial charge in [-0.05, 0) is 38.5 Å². The first kappa shape index (κ1) is 52.7. The molecule has 0 heterocycles. The third-order valence-electron chi connectivity index (χ3n) is 9.67. The molecule has 320 valence electrons. The first-order valence-corrected chi connectivity index (χ1v) is 23.6. The van der Waals surface area contributed by atoms with Crippen molar-refractivity contribution in [3.63, 3.8) is 0 Å². The molecule has 3 N–H and O–H groups in total. The summed E-state index contributed by atoms with van der Waals surface area (Å²) in [5.41, 5.74) is 0. The van der Waals surface area contributed by atoms with Crippen LogP contribution in [0.4, 0.5) is 0 Å². The van der Waals surface area contributed by atoms with Gasteiger partial charge in [-0.1, -0.05) is 174 Å². The number of ether oxygens (including phenoxy) is 2. The SMILES string of the molecule is CCCCCC/C=C/CCCCCCCCCC(=O)O[C@H](COC(=O)CCCCCCCCCCCCCCCCCC)COP(=O)(O)OC[C@@H](O)CO. The van der Waals surface area contributed by atoms with Gasteiger partial charge in [0.25, 0.3) is 0 Å². The smallest absolute Gasteiger partial charge is 0.462 e. The first-order chi connectivity index (χ1) is 26.2. The number of carbonyl (C=O) groups is 2. The summed E-state index contributed by atoms with van der Waals surface area (Å²) in [6.07, 6.45) is 37.4. The number of aliphatic hydroxyl groups excluding tert-OH is 2.